The minimum Gasteiger partial charge on any atom is -0.368 e. The molecule has 1 aliphatic rings. The maximum atomic E-state index is 12.3. The standard InChI is InChI=1S/C19H28N4O3/c1-13-5-6-15(11-14(13)2)17(25)21-12-16(24)22-7-9-23(10-8-22)19(3,4)18(20)26/h5-6,11H,7-10,12H2,1-4H3,(H2,20,26)(H,21,25). The molecule has 0 saturated carbocycles. The monoisotopic (exact) mass is 360 g/mol. The van der Waals surface area contributed by atoms with Crippen molar-refractivity contribution in [1.29, 1.82) is 0 Å². The Hall–Kier alpha value is -2.41. The summed E-state index contributed by atoms with van der Waals surface area (Å²) < 4.78 is 0. The number of primary amides is 1. The summed E-state index contributed by atoms with van der Waals surface area (Å²) in [5, 5.41) is 2.68. The van der Waals surface area contributed by atoms with E-state index in [1.54, 1.807) is 24.8 Å². The van der Waals surface area contributed by atoms with Gasteiger partial charge in [0.05, 0.1) is 12.1 Å². The van der Waals surface area contributed by atoms with Gasteiger partial charge in [0.15, 0.2) is 0 Å². The smallest absolute Gasteiger partial charge is 0.251 e. The van der Waals surface area contributed by atoms with E-state index in [2.05, 4.69) is 5.32 Å². The van der Waals surface area contributed by atoms with Crippen molar-refractivity contribution in [2.75, 3.05) is 32.7 Å². The van der Waals surface area contributed by atoms with Crippen molar-refractivity contribution in [2.45, 2.75) is 33.2 Å². The summed E-state index contributed by atoms with van der Waals surface area (Å²) in [7, 11) is 0. The van der Waals surface area contributed by atoms with Gasteiger partial charge in [0.25, 0.3) is 5.91 Å². The number of nitrogens with two attached hydrogens (primary N) is 1. The zero-order valence-corrected chi connectivity index (χ0v) is 16.0. The summed E-state index contributed by atoms with van der Waals surface area (Å²) in [4.78, 5) is 39.8. The molecule has 0 spiro atoms. The van der Waals surface area contributed by atoms with E-state index in [9.17, 15) is 14.4 Å². The third-order valence-electron chi connectivity index (χ3n) is 5.20. The Morgan fingerprint density at radius 1 is 1.08 bits per heavy atom. The van der Waals surface area contributed by atoms with Gasteiger partial charge in [-0.15, -0.1) is 0 Å². The lowest BCUT2D eigenvalue weighted by atomic mass is 10.0. The van der Waals surface area contributed by atoms with Crippen molar-refractivity contribution in [1.82, 2.24) is 15.1 Å². The average Bonchev–Trinajstić information content (AvgIpc) is 2.61. The van der Waals surface area contributed by atoms with Crippen LogP contribution in [0, 0.1) is 13.8 Å². The van der Waals surface area contributed by atoms with Crippen molar-refractivity contribution in [2.24, 2.45) is 5.73 Å². The molecule has 0 aliphatic carbocycles. The van der Waals surface area contributed by atoms with Crippen molar-refractivity contribution < 1.29 is 14.4 Å². The van der Waals surface area contributed by atoms with E-state index in [1.165, 1.54) is 0 Å². The highest BCUT2D eigenvalue weighted by atomic mass is 16.2. The molecule has 0 atom stereocenters. The molecule has 1 fully saturated rings. The summed E-state index contributed by atoms with van der Waals surface area (Å²) in [6, 6.07) is 5.47. The Kier molecular flexibility index (Phi) is 6.02. The molecule has 0 bridgehead atoms. The highest BCUT2D eigenvalue weighted by molar-refractivity contribution is 5.96. The van der Waals surface area contributed by atoms with Crippen LogP contribution >= 0.6 is 0 Å². The van der Waals surface area contributed by atoms with Gasteiger partial charge in [0.1, 0.15) is 0 Å². The Bertz CT molecular complexity index is 707. The quantitative estimate of drug-likeness (QED) is 0.796. The largest absolute Gasteiger partial charge is 0.368 e. The van der Waals surface area contributed by atoms with Crippen LogP contribution in [-0.4, -0.2) is 65.8 Å². The Labute approximate surface area is 154 Å². The topological polar surface area (TPSA) is 95.7 Å². The van der Waals surface area contributed by atoms with E-state index in [-0.39, 0.29) is 24.3 Å². The molecule has 3 N–H and O–H groups in total. The molecule has 7 heteroatoms. The van der Waals surface area contributed by atoms with Crippen LogP contribution in [0.3, 0.4) is 0 Å². The molecule has 0 aromatic heterocycles. The molecular weight excluding hydrogens is 332 g/mol. The Balaban J connectivity index is 1.85. The maximum Gasteiger partial charge on any atom is 0.251 e. The molecule has 1 aromatic carbocycles. The highest BCUT2D eigenvalue weighted by Gasteiger charge is 2.35. The lowest BCUT2D eigenvalue weighted by Gasteiger charge is -2.42. The van der Waals surface area contributed by atoms with Crippen molar-refractivity contribution in [3.8, 4) is 0 Å². The van der Waals surface area contributed by atoms with Gasteiger partial charge in [-0.25, -0.2) is 0 Å². The molecule has 1 saturated heterocycles. The lowest BCUT2D eigenvalue weighted by Crippen LogP contribution is -2.60. The first-order valence-corrected chi connectivity index (χ1v) is 8.81. The number of amides is 3. The number of carbonyl (C=O) groups excluding carboxylic acids is 3. The molecule has 1 aliphatic heterocycles. The molecule has 0 unspecified atom stereocenters. The zero-order chi connectivity index (χ0) is 19.5. The van der Waals surface area contributed by atoms with Crippen LogP contribution in [0.2, 0.25) is 0 Å². The van der Waals surface area contributed by atoms with Gasteiger partial charge in [-0.05, 0) is 51.0 Å². The number of benzene rings is 1. The molecule has 2 rings (SSSR count). The number of hydrogen-bond acceptors (Lipinski definition) is 4. The normalized spacial score (nSPS) is 15.6. The minimum atomic E-state index is -0.730. The SMILES string of the molecule is Cc1ccc(C(=O)NCC(=O)N2CCN(C(C)(C)C(N)=O)CC2)cc1C. The van der Waals surface area contributed by atoms with Crippen molar-refractivity contribution in [3.05, 3.63) is 34.9 Å². The van der Waals surface area contributed by atoms with E-state index in [4.69, 9.17) is 5.73 Å². The van der Waals surface area contributed by atoms with E-state index in [1.807, 2.05) is 30.9 Å². The molecule has 142 valence electrons. The first-order valence-electron chi connectivity index (χ1n) is 8.81. The summed E-state index contributed by atoms with van der Waals surface area (Å²) in [6.07, 6.45) is 0. The second-order valence-electron chi connectivity index (χ2n) is 7.27. The summed E-state index contributed by atoms with van der Waals surface area (Å²) in [6.45, 7) is 9.64. The summed E-state index contributed by atoms with van der Waals surface area (Å²) in [5.41, 5.74) is 7.42. The predicted octanol–water partition coefficient (Wildman–Crippen LogP) is 0.441. The van der Waals surface area contributed by atoms with Gasteiger partial charge >= 0.3 is 0 Å². The first kappa shape index (κ1) is 19.9. The fourth-order valence-electron chi connectivity index (χ4n) is 2.92. The molecule has 7 nitrogen and oxygen atoms in total. The first-order chi connectivity index (χ1) is 12.1. The maximum absolute atomic E-state index is 12.3. The van der Waals surface area contributed by atoms with Gasteiger partial charge in [-0.3, -0.25) is 19.3 Å². The molecule has 0 radical (unpaired) electrons. The molecule has 3 amide bonds. The van der Waals surface area contributed by atoms with Gasteiger partial charge in [-0.1, -0.05) is 6.07 Å². The number of carbonyl (C=O) groups is 3. The van der Waals surface area contributed by atoms with Crippen molar-refractivity contribution in [3.63, 3.8) is 0 Å². The van der Waals surface area contributed by atoms with Gasteiger partial charge < -0.3 is 16.0 Å². The van der Waals surface area contributed by atoms with Crippen LogP contribution in [0.1, 0.15) is 35.3 Å². The van der Waals surface area contributed by atoms with Crippen LogP contribution < -0.4 is 11.1 Å². The lowest BCUT2D eigenvalue weighted by molar-refractivity contribution is -0.135. The highest BCUT2D eigenvalue weighted by Crippen LogP contribution is 2.16. The van der Waals surface area contributed by atoms with Crippen LogP contribution in [0.25, 0.3) is 0 Å². The number of hydrogen-bond donors (Lipinski definition) is 2. The van der Waals surface area contributed by atoms with Gasteiger partial charge in [0, 0.05) is 31.7 Å². The number of rotatable bonds is 5. The second kappa shape index (κ2) is 7.86. The number of nitrogens with zero attached hydrogens (tertiary/aromatic N) is 2. The summed E-state index contributed by atoms with van der Waals surface area (Å²) in [5.74, 6) is -0.758. The fourth-order valence-corrected chi connectivity index (χ4v) is 2.92. The third-order valence-corrected chi connectivity index (χ3v) is 5.20. The Morgan fingerprint density at radius 2 is 1.69 bits per heavy atom. The number of piperazine rings is 1. The number of nitrogens with one attached hydrogen (secondary N) is 1. The second-order valence-corrected chi connectivity index (χ2v) is 7.27. The van der Waals surface area contributed by atoms with E-state index in [0.717, 1.165) is 11.1 Å². The fraction of sp³-hybridized carbons (Fsp3) is 0.526. The van der Waals surface area contributed by atoms with Crippen LogP contribution in [0.5, 0.6) is 0 Å². The zero-order valence-electron chi connectivity index (χ0n) is 16.0. The average molecular weight is 360 g/mol. The summed E-state index contributed by atoms with van der Waals surface area (Å²) >= 11 is 0. The van der Waals surface area contributed by atoms with Crippen LogP contribution in [0.15, 0.2) is 18.2 Å². The van der Waals surface area contributed by atoms with Crippen molar-refractivity contribution >= 4 is 17.7 Å². The molecular formula is C19H28N4O3. The molecule has 1 aromatic rings. The minimum absolute atomic E-state index is 0.0367. The molecule has 26 heavy (non-hydrogen) atoms. The Morgan fingerprint density at radius 3 is 2.23 bits per heavy atom. The van der Waals surface area contributed by atoms with E-state index in [0.29, 0.717) is 31.7 Å². The molecule has 1 heterocycles. The van der Waals surface area contributed by atoms with Gasteiger partial charge in [-0.2, -0.15) is 0 Å². The van der Waals surface area contributed by atoms with Crippen LogP contribution in [-0.2, 0) is 9.59 Å². The number of aryl methyl sites for hydroxylation is 2. The van der Waals surface area contributed by atoms with E-state index < -0.39 is 5.54 Å². The van der Waals surface area contributed by atoms with Crippen LogP contribution in [0.4, 0.5) is 0 Å². The predicted molar refractivity (Wildman–Crippen MR) is 99.7 cm³/mol. The van der Waals surface area contributed by atoms with Gasteiger partial charge in [0.2, 0.25) is 11.8 Å². The third kappa shape index (κ3) is 4.40. The van der Waals surface area contributed by atoms with E-state index >= 15 is 0 Å².